The summed E-state index contributed by atoms with van der Waals surface area (Å²) in [5.74, 6) is -0.653. The topological polar surface area (TPSA) is 60.4 Å². The molecule has 1 aromatic rings. The SMILES string of the molecule is COC(=O)C(C)=CS(=O)(=O)c1ccccc1. The Morgan fingerprint density at radius 2 is 1.81 bits per heavy atom. The molecule has 0 saturated heterocycles. The van der Waals surface area contributed by atoms with E-state index in [-0.39, 0.29) is 10.5 Å². The summed E-state index contributed by atoms with van der Waals surface area (Å²) < 4.78 is 28.0. The van der Waals surface area contributed by atoms with E-state index >= 15 is 0 Å². The van der Waals surface area contributed by atoms with Gasteiger partial charge in [0.1, 0.15) is 0 Å². The molecule has 0 radical (unpaired) electrons. The first-order chi connectivity index (χ1) is 7.47. The van der Waals surface area contributed by atoms with E-state index in [4.69, 9.17) is 0 Å². The van der Waals surface area contributed by atoms with Crippen molar-refractivity contribution in [3.63, 3.8) is 0 Å². The van der Waals surface area contributed by atoms with Gasteiger partial charge in [0.15, 0.2) is 9.84 Å². The highest BCUT2D eigenvalue weighted by Crippen LogP contribution is 2.13. The van der Waals surface area contributed by atoms with Crippen molar-refractivity contribution >= 4 is 15.8 Å². The van der Waals surface area contributed by atoms with Crippen molar-refractivity contribution in [2.24, 2.45) is 0 Å². The number of rotatable bonds is 3. The fourth-order valence-corrected chi connectivity index (χ4v) is 2.35. The molecule has 0 bridgehead atoms. The molecule has 0 saturated carbocycles. The molecule has 0 fully saturated rings. The van der Waals surface area contributed by atoms with Gasteiger partial charge in [0, 0.05) is 11.0 Å². The van der Waals surface area contributed by atoms with Crippen LogP contribution in [0.2, 0.25) is 0 Å². The predicted octanol–water partition coefficient (Wildman–Crippen LogP) is 1.54. The molecule has 4 nitrogen and oxygen atoms in total. The Kier molecular flexibility index (Phi) is 3.84. The monoisotopic (exact) mass is 240 g/mol. The molecule has 0 unspecified atom stereocenters. The van der Waals surface area contributed by atoms with Gasteiger partial charge in [0.25, 0.3) is 0 Å². The summed E-state index contributed by atoms with van der Waals surface area (Å²) in [6, 6.07) is 7.89. The van der Waals surface area contributed by atoms with Gasteiger partial charge in [-0.1, -0.05) is 18.2 Å². The fraction of sp³-hybridized carbons (Fsp3) is 0.182. The maximum atomic E-state index is 11.8. The second-order valence-corrected chi connectivity index (χ2v) is 4.95. The quantitative estimate of drug-likeness (QED) is 0.594. The van der Waals surface area contributed by atoms with Crippen LogP contribution in [-0.2, 0) is 19.4 Å². The van der Waals surface area contributed by atoms with Crippen LogP contribution in [0.1, 0.15) is 6.92 Å². The lowest BCUT2D eigenvalue weighted by Gasteiger charge is -2.01. The molecule has 0 aliphatic heterocycles. The van der Waals surface area contributed by atoms with Crippen molar-refractivity contribution in [2.45, 2.75) is 11.8 Å². The molecule has 0 atom stereocenters. The second kappa shape index (κ2) is 4.94. The van der Waals surface area contributed by atoms with E-state index in [0.29, 0.717) is 0 Å². The zero-order valence-electron chi connectivity index (χ0n) is 9.01. The number of hydrogen-bond donors (Lipinski definition) is 0. The summed E-state index contributed by atoms with van der Waals surface area (Å²) in [5, 5.41) is 0.911. The zero-order chi connectivity index (χ0) is 12.2. The van der Waals surface area contributed by atoms with Gasteiger partial charge in [0.05, 0.1) is 12.0 Å². The molecule has 16 heavy (non-hydrogen) atoms. The molecule has 0 heterocycles. The lowest BCUT2D eigenvalue weighted by molar-refractivity contribution is -0.136. The average molecular weight is 240 g/mol. The largest absolute Gasteiger partial charge is 0.466 e. The number of hydrogen-bond acceptors (Lipinski definition) is 4. The van der Waals surface area contributed by atoms with E-state index in [1.165, 1.54) is 26.2 Å². The van der Waals surface area contributed by atoms with Crippen LogP contribution in [0.25, 0.3) is 0 Å². The van der Waals surface area contributed by atoms with Gasteiger partial charge in [0.2, 0.25) is 0 Å². The molecule has 0 amide bonds. The average Bonchev–Trinajstić information content (AvgIpc) is 2.28. The van der Waals surface area contributed by atoms with E-state index in [1.807, 2.05) is 0 Å². The summed E-state index contributed by atoms with van der Waals surface area (Å²) >= 11 is 0. The van der Waals surface area contributed by atoms with Gasteiger partial charge in [-0.2, -0.15) is 0 Å². The molecule has 5 heteroatoms. The third-order valence-electron chi connectivity index (χ3n) is 1.91. The van der Waals surface area contributed by atoms with Gasteiger partial charge < -0.3 is 4.74 Å². The molecule has 1 rings (SSSR count). The minimum Gasteiger partial charge on any atom is -0.466 e. The standard InChI is InChI=1S/C11H12O4S/c1-9(11(12)15-2)8-16(13,14)10-6-4-3-5-7-10/h3-8H,1-2H3. The van der Waals surface area contributed by atoms with Crippen molar-refractivity contribution < 1.29 is 17.9 Å². The zero-order valence-corrected chi connectivity index (χ0v) is 9.82. The highest BCUT2D eigenvalue weighted by Gasteiger charge is 2.13. The third kappa shape index (κ3) is 2.93. The number of esters is 1. The highest BCUT2D eigenvalue weighted by atomic mass is 32.2. The Morgan fingerprint density at radius 3 is 2.31 bits per heavy atom. The van der Waals surface area contributed by atoms with Crippen LogP contribution in [0.4, 0.5) is 0 Å². The smallest absolute Gasteiger partial charge is 0.334 e. The Labute approximate surface area is 94.5 Å². The normalized spacial score (nSPS) is 12.2. The molecule has 0 aliphatic rings. The number of carbonyl (C=O) groups excluding carboxylic acids is 1. The number of methoxy groups -OCH3 is 1. The third-order valence-corrected chi connectivity index (χ3v) is 3.50. The van der Waals surface area contributed by atoms with Crippen molar-refractivity contribution in [3.8, 4) is 0 Å². The van der Waals surface area contributed by atoms with Crippen LogP contribution in [0.3, 0.4) is 0 Å². The van der Waals surface area contributed by atoms with Crippen molar-refractivity contribution in [2.75, 3.05) is 7.11 Å². The lowest BCUT2D eigenvalue weighted by Crippen LogP contribution is -2.05. The van der Waals surface area contributed by atoms with Crippen LogP contribution < -0.4 is 0 Å². The number of carbonyl (C=O) groups is 1. The van der Waals surface area contributed by atoms with Crippen LogP contribution in [0.5, 0.6) is 0 Å². The van der Waals surface area contributed by atoms with Crippen LogP contribution in [0.15, 0.2) is 46.2 Å². The second-order valence-electron chi connectivity index (χ2n) is 3.15. The van der Waals surface area contributed by atoms with E-state index < -0.39 is 15.8 Å². The van der Waals surface area contributed by atoms with E-state index in [0.717, 1.165) is 5.41 Å². The van der Waals surface area contributed by atoms with Crippen molar-refractivity contribution in [1.29, 1.82) is 0 Å². The number of benzene rings is 1. The number of sulfone groups is 1. The summed E-state index contributed by atoms with van der Waals surface area (Å²) in [7, 11) is -2.37. The summed E-state index contributed by atoms with van der Waals surface area (Å²) in [4.78, 5) is 11.2. The van der Waals surface area contributed by atoms with Gasteiger partial charge in [-0.05, 0) is 19.1 Å². The van der Waals surface area contributed by atoms with Crippen LogP contribution in [0, 0.1) is 0 Å². The predicted molar refractivity (Wildman–Crippen MR) is 59.4 cm³/mol. The summed E-state index contributed by atoms with van der Waals surface area (Å²) in [5.41, 5.74) is 0.0475. The van der Waals surface area contributed by atoms with Crippen LogP contribution >= 0.6 is 0 Å². The van der Waals surface area contributed by atoms with Gasteiger partial charge in [-0.3, -0.25) is 0 Å². The Bertz CT molecular complexity index is 500. The first-order valence-electron chi connectivity index (χ1n) is 4.54. The molecular formula is C11H12O4S. The lowest BCUT2D eigenvalue weighted by atomic mass is 10.4. The molecule has 0 aliphatic carbocycles. The Hall–Kier alpha value is -1.62. The molecule has 0 N–H and O–H groups in total. The van der Waals surface area contributed by atoms with E-state index in [9.17, 15) is 13.2 Å². The van der Waals surface area contributed by atoms with Gasteiger partial charge in [-0.25, -0.2) is 13.2 Å². The van der Waals surface area contributed by atoms with Gasteiger partial charge >= 0.3 is 5.97 Å². The minimum atomic E-state index is -3.58. The Morgan fingerprint density at radius 1 is 1.25 bits per heavy atom. The van der Waals surface area contributed by atoms with Crippen molar-refractivity contribution in [3.05, 3.63) is 41.3 Å². The summed E-state index contributed by atoms with van der Waals surface area (Å²) in [6.45, 7) is 1.40. The molecule has 86 valence electrons. The van der Waals surface area contributed by atoms with Gasteiger partial charge in [-0.15, -0.1) is 0 Å². The molecule has 0 aromatic heterocycles. The maximum absolute atomic E-state index is 11.8. The molecule has 0 spiro atoms. The number of ether oxygens (including phenoxy) is 1. The van der Waals surface area contributed by atoms with E-state index in [2.05, 4.69) is 4.74 Å². The van der Waals surface area contributed by atoms with Crippen LogP contribution in [-0.4, -0.2) is 21.5 Å². The maximum Gasteiger partial charge on any atom is 0.334 e. The summed E-state index contributed by atoms with van der Waals surface area (Å²) in [6.07, 6.45) is 0. The minimum absolute atomic E-state index is 0.0475. The first-order valence-corrected chi connectivity index (χ1v) is 6.09. The molecular weight excluding hydrogens is 228 g/mol. The fourth-order valence-electron chi connectivity index (χ4n) is 1.12. The van der Waals surface area contributed by atoms with Crippen molar-refractivity contribution in [1.82, 2.24) is 0 Å². The highest BCUT2D eigenvalue weighted by molar-refractivity contribution is 7.94. The first kappa shape index (κ1) is 12.4. The van der Waals surface area contributed by atoms with E-state index in [1.54, 1.807) is 18.2 Å². The Balaban J connectivity index is 3.11. The molecule has 1 aromatic carbocycles.